The van der Waals surface area contributed by atoms with Crippen molar-refractivity contribution in [3.63, 3.8) is 0 Å². The third-order valence-electron chi connectivity index (χ3n) is 3.71. The maximum absolute atomic E-state index is 12.2. The first-order valence-electron chi connectivity index (χ1n) is 8.20. The molecule has 0 saturated carbocycles. The molecule has 1 atom stereocenters. The van der Waals surface area contributed by atoms with E-state index in [1.165, 1.54) is 0 Å². The Hall–Kier alpha value is -2.45. The van der Waals surface area contributed by atoms with Crippen LogP contribution in [0.2, 0.25) is 0 Å². The summed E-state index contributed by atoms with van der Waals surface area (Å²) in [7, 11) is 0. The minimum Gasteiger partial charge on any atom is -0.370 e. The molecule has 8 nitrogen and oxygen atoms in total. The van der Waals surface area contributed by atoms with Gasteiger partial charge in [-0.25, -0.2) is 0 Å². The van der Waals surface area contributed by atoms with Crippen molar-refractivity contribution in [1.82, 2.24) is 5.32 Å². The maximum Gasteiger partial charge on any atom is 0.253 e. The van der Waals surface area contributed by atoms with E-state index in [-0.39, 0.29) is 18.4 Å². The second-order valence-electron chi connectivity index (χ2n) is 6.27. The van der Waals surface area contributed by atoms with Crippen LogP contribution in [-0.2, 0) is 19.1 Å². The highest BCUT2D eigenvalue weighted by Crippen LogP contribution is 2.19. The van der Waals surface area contributed by atoms with Crippen molar-refractivity contribution in [2.45, 2.75) is 19.9 Å². The van der Waals surface area contributed by atoms with E-state index in [4.69, 9.17) is 10.5 Å². The number of anilines is 2. The molecular weight excluding hydrogens is 324 g/mol. The van der Waals surface area contributed by atoms with Crippen LogP contribution in [0.5, 0.6) is 0 Å². The van der Waals surface area contributed by atoms with Crippen LogP contribution < -0.4 is 21.3 Å². The van der Waals surface area contributed by atoms with Crippen molar-refractivity contribution >= 4 is 29.1 Å². The fourth-order valence-electron chi connectivity index (χ4n) is 2.41. The van der Waals surface area contributed by atoms with Crippen LogP contribution in [0.15, 0.2) is 24.3 Å². The molecule has 1 aromatic carbocycles. The molecular formula is C17H24N4O4. The maximum atomic E-state index is 12.2. The van der Waals surface area contributed by atoms with E-state index in [0.29, 0.717) is 25.4 Å². The number of primary amides is 1. The minimum absolute atomic E-state index is 0.0697. The number of hydrogen-bond donors (Lipinski definition) is 3. The molecule has 8 heteroatoms. The summed E-state index contributed by atoms with van der Waals surface area (Å²) in [5.41, 5.74) is 6.55. The highest BCUT2D eigenvalue weighted by molar-refractivity contribution is 6.09. The summed E-state index contributed by atoms with van der Waals surface area (Å²) in [6.45, 7) is 5.49. The summed E-state index contributed by atoms with van der Waals surface area (Å²) >= 11 is 0. The monoisotopic (exact) mass is 348 g/mol. The quantitative estimate of drug-likeness (QED) is 0.604. The van der Waals surface area contributed by atoms with Crippen molar-refractivity contribution in [3.05, 3.63) is 24.3 Å². The fourth-order valence-corrected chi connectivity index (χ4v) is 2.41. The molecule has 2 rings (SSSR count). The van der Waals surface area contributed by atoms with Gasteiger partial charge in [-0.2, -0.15) is 0 Å². The van der Waals surface area contributed by atoms with Gasteiger partial charge in [0, 0.05) is 17.9 Å². The Balaban J connectivity index is 2.00. The fraction of sp³-hybridized carbons (Fsp3) is 0.471. The van der Waals surface area contributed by atoms with Gasteiger partial charge in [-0.1, -0.05) is 13.8 Å². The number of nitrogens with zero attached hydrogens (tertiary/aromatic N) is 1. The predicted molar refractivity (Wildman–Crippen MR) is 94.1 cm³/mol. The number of amides is 3. The van der Waals surface area contributed by atoms with Gasteiger partial charge < -0.3 is 20.7 Å². The Bertz CT molecular complexity index is 630. The number of carbonyl (C=O) groups is 3. The minimum atomic E-state index is -1.09. The van der Waals surface area contributed by atoms with Crippen LogP contribution in [0.25, 0.3) is 0 Å². The van der Waals surface area contributed by atoms with Gasteiger partial charge in [-0.15, -0.1) is 0 Å². The lowest BCUT2D eigenvalue weighted by molar-refractivity contribution is -0.128. The molecule has 25 heavy (non-hydrogen) atoms. The zero-order chi connectivity index (χ0) is 18.4. The molecule has 1 saturated heterocycles. The van der Waals surface area contributed by atoms with Gasteiger partial charge in [-0.3, -0.25) is 19.7 Å². The first-order valence-corrected chi connectivity index (χ1v) is 8.20. The van der Waals surface area contributed by atoms with Crippen molar-refractivity contribution in [2.75, 3.05) is 36.5 Å². The Labute approximate surface area is 146 Å². The van der Waals surface area contributed by atoms with Crippen molar-refractivity contribution in [3.8, 4) is 0 Å². The van der Waals surface area contributed by atoms with Crippen LogP contribution in [-0.4, -0.2) is 50.1 Å². The molecule has 4 N–H and O–H groups in total. The lowest BCUT2D eigenvalue weighted by atomic mass is 10.2. The van der Waals surface area contributed by atoms with E-state index in [1.807, 2.05) is 13.8 Å². The molecule has 1 aliphatic heterocycles. The van der Waals surface area contributed by atoms with Gasteiger partial charge >= 0.3 is 0 Å². The molecule has 0 radical (unpaired) electrons. The predicted octanol–water partition coefficient (Wildman–Crippen LogP) is 0.0878. The second kappa shape index (κ2) is 8.59. The number of morpholine rings is 1. The largest absolute Gasteiger partial charge is 0.370 e. The highest BCUT2D eigenvalue weighted by atomic mass is 16.5. The van der Waals surface area contributed by atoms with Crippen LogP contribution in [0, 0.1) is 5.92 Å². The van der Waals surface area contributed by atoms with Gasteiger partial charge in [0.2, 0.25) is 5.91 Å². The van der Waals surface area contributed by atoms with Crippen molar-refractivity contribution in [1.29, 1.82) is 0 Å². The van der Waals surface area contributed by atoms with Crippen LogP contribution >= 0.6 is 0 Å². The number of nitrogens with two attached hydrogens (primary N) is 1. The summed E-state index contributed by atoms with van der Waals surface area (Å²) in [4.78, 5) is 37.2. The molecule has 0 spiro atoms. The third kappa shape index (κ3) is 5.27. The van der Waals surface area contributed by atoms with E-state index in [0.717, 1.165) is 5.69 Å². The Morgan fingerprint density at radius 3 is 2.52 bits per heavy atom. The summed E-state index contributed by atoms with van der Waals surface area (Å²) in [5, 5.41) is 5.51. The average molecular weight is 348 g/mol. The van der Waals surface area contributed by atoms with E-state index < -0.39 is 17.9 Å². The van der Waals surface area contributed by atoms with E-state index >= 15 is 0 Å². The van der Waals surface area contributed by atoms with Crippen molar-refractivity contribution < 1.29 is 19.1 Å². The summed E-state index contributed by atoms with van der Waals surface area (Å²) in [5.74, 6) is -1.06. The first-order chi connectivity index (χ1) is 11.9. The van der Waals surface area contributed by atoms with E-state index in [2.05, 4.69) is 10.6 Å². The van der Waals surface area contributed by atoms with E-state index in [1.54, 1.807) is 29.2 Å². The summed E-state index contributed by atoms with van der Waals surface area (Å²) in [6, 6.07) is 5.73. The smallest absolute Gasteiger partial charge is 0.253 e. The molecule has 0 unspecified atom stereocenters. The van der Waals surface area contributed by atoms with E-state index in [9.17, 15) is 14.4 Å². The second-order valence-corrected chi connectivity index (χ2v) is 6.27. The Kier molecular flexibility index (Phi) is 6.49. The normalized spacial score (nSPS) is 16.0. The molecule has 0 aliphatic carbocycles. The molecule has 0 bridgehead atoms. The molecule has 136 valence electrons. The third-order valence-corrected chi connectivity index (χ3v) is 3.71. The standard InChI is InChI=1S/C17H24N4O4/c1-11(2)9-19-15(16(18)23)17(24)20-12-3-5-13(6-4-12)21-7-8-25-10-14(21)22/h3-6,11,15,19H,7-10H2,1-2H3,(H2,18,23)(H,20,24)/t15-/m0/s1. The summed E-state index contributed by atoms with van der Waals surface area (Å²) in [6.07, 6.45) is 0. The number of ether oxygens (including phenoxy) is 1. The number of carbonyl (C=O) groups excluding carboxylic acids is 3. The highest BCUT2D eigenvalue weighted by Gasteiger charge is 2.24. The van der Waals surface area contributed by atoms with Crippen molar-refractivity contribution in [2.24, 2.45) is 11.7 Å². The van der Waals surface area contributed by atoms with Gasteiger partial charge in [-0.05, 0) is 36.7 Å². The molecule has 0 aromatic heterocycles. The van der Waals surface area contributed by atoms with Gasteiger partial charge in [0.25, 0.3) is 11.8 Å². The number of hydrogen-bond acceptors (Lipinski definition) is 5. The van der Waals surface area contributed by atoms with Crippen LogP contribution in [0.3, 0.4) is 0 Å². The van der Waals surface area contributed by atoms with Gasteiger partial charge in [0.1, 0.15) is 6.61 Å². The number of rotatable bonds is 7. The number of nitrogens with one attached hydrogen (secondary N) is 2. The first kappa shape index (κ1) is 18.9. The van der Waals surface area contributed by atoms with Crippen LogP contribution in [0.4, 0.5) is 11.4 Å². The molecule has 1 aliphatic rings. The molecule has 1 aromatic rings. The molecule has 1 heterocycles. The average Bonchev–Trinajstić information content (AvgIpc) is 2.56. The van der Waals surface area contributed by atoms with Crippen LogP contribution in [0.1, 0.15) is 13.8 Å². The number of benzene rings is 1. The molecule has 1 fully saturated rings. The Morgan fingerprint density at radius 1 is 1.28 bits per heavy atom. The zero-order valence-corrected chi connectivity index (χ0v) is 14.5. The van der Waals surface area contributed by atoms with Gasteiger partial charge in [0.05, 0.1) is 6.61 Å². The zero-order valence-electron chi connectivity index (χ0n) is 14.5. The Morgan fingerprint density at radius 2 is 1.96 bits per heavy atom. The molecule has 3 amide bonds. The SMILES string of the molecule is CC(C)CN[C@@H](C(N)=O)C(=O)Nc1ccc(N2CCOCC2=O)cc1. The topological polar surface area (TPSA) is 114 Å². The summed E-state index contributed by atoms with van der Waals surface area (Å²) < 4.78 is 5.10. The van der Waals surface area contributed by atoms with Gasteiger partial charge in [0.15, 0.2) is 6.04 Å². The lowest BCUT2D eigenvalue weighted by Crippen LogP contribution is -2.50. The lowest BCUT2D eigenvalue weighted by Gasteiger charge is -2.27.